The van der Waals surface area contributed by atoms with Crippen LogP contribution in [0, 0.1) is 0 Å². The van der Waals surface area contributed by atoms with Crippen LogP contribution in [-0.2, 0) is 24.3 Å². The molecule has 0 atom stereocenters. The van der Waals surface area contributed by atoms with Gasteiger partial charge in [0.05, 0.1) is 10.7 Å². The fourth-order valence-corrected chi connectivity index (χ4v) is 3.71. The van der Waals surface area contributed by atoms with Gasteiger partial charge in [0.25, 0.3) is 0 Å². The number of nitrogens with zero attached hydrogens (tertiary/aromatic N) is 2. The smallest absolute Gasteiger partial charge is 0.215 e. The van der Waals surface area contributed by atoms with Gasteiger partial charge in [0.1, 0.15) is 12.4 Å². The third kappa shape index (κ3) is 2.85. The van der Waals surface area contributed by atoms with Crippen molar-refractivity contribution in [2.75, 3.05) is 6.61 Å². The predicted molar refractivity (Wildman–Crippen MR) is 102 cm³/mol. The molecule has 0 saturated heterocycles. The second-order valence-corrected chi connectivity index (χ2v) is 6.67. The molecule has 0 unspecified atom stereocenters. The van der Waals surface area contributed by atoms with Crippen molar-refractivity contribution in [3.05, 3.63) is 75.9 Å². The molecule has 0 bridgehead atoms. The summed E-state index contributed by atoms with van der Waals surface area (Å²) >= 11 is 6.24. The quantitative estimate of drug-likeness (QED) is 0.623. The number of aryl methyl sites for hydroxylation is 1. The highest BCUT2D eigenvalue weighted by Crippen LogP contribution is 2.36. The van der Waals surface area contributed by atoms with Crippen molar-refractivity contribution in [2.45, 2.75) is 26.5 Å². The Morgan fingerprint density at radius 2 is 1.92 bits per heavy atom. The van der Waals surface area contributed by atoms with E-state index in [1.165, 1.54) is 5.56 Å². The van der Waals surface area contributed by atoms with E-state index >= 15 is 0 Å². The largest absolute Gasteiger partial charge is 0.360 e. The monoisotopic (exact) mass is 366 g/mol. The van der Waals surface area contributed by atoms with Crippen molar-refractivity contribution in [2.24, 2.45) is 0 Å². The second-order valence-electron chi connectivity index (χ2n) is 6.26. The number of carbonyl (C=O) groups is 1. The molecule has 1 aliphatic rings. The van der Waals surface area contributed by atoms with E-state index in [0.29, 0.717) is 29.6 Å². The van der Waals surface area contributed by atoms with Gasteiger partial charge in [0, 0.05) is 23.3 Å². The minimum atomic E-state index is -0.138. The van der Waals surface area contributed by atoms with Gasteiger partial charge in [-0.25, -0.2) is 4.68 Å². The van der Waals surface area contributed by atoms with Crippen LogP contribution in [0.3, 0.4) is 0 Å². The first-order valence-electron chi connectivity index (χ1n) is 8.75. The molecule has 1 aliphatic carbocycles. The van der Waals surface area contributed by atoms with E-state index in [1.807, 2.05) is 31.2 Å². The zero-order valence-corrected chi connectivity index (χ0v) is 15.3. The van der Waals surface area contributed by atoms with E-state index in [0.717, 1.165) is 29.7 Å². The highest BCUT2D eigenvalue weighted by atomic mass is 35.5. The number of ether oxygens (including phenoxy) is 1. The molecule has 5 heteroatoms. The number of rotatable bonds is 5. The summed E-state index contributed by atoms with van der Waals surface area (Å²) in [6, 6.07) is 15.4. The highest BCUT2D eigenvalue weighted by molar-refractivity contribution is 6.35. The van der Waals surface area contributed by atoms with Gasteiger partial charge in [0.2, 0.25) is 5.78 Å². The number of aromatic nitrogens is 2. The molecule has 4 nitrogen and oxygen atoms in total. The molecule has 0 spiro atoms. The minimum Gasteiger partial charge on any atom is -0.360 e. The average Bonchev–Trinajstić information content (AvgIpc) is 3.05. The standard InChI is InChI=1S/C21H19ClN2O2/c1-2-26-13-24-20-15-8-4-3-7-14(15)11-12-17(20)19(23-24)21(25)16-9-5-6-10-18(16)22/h3-10H,2,11-13H2,1H3. The van der Waals surface area contributed by atoms with Crippen LogP contribution in [0.15, 0.2) is 48.5 Å². The summed E-state index contributed by atoms with van der Waals surface area (Å²) in [5.41, 5.74) is 5.32. The Labute approximate surface area is 157 Å². The Kier molecular flexibility index (Phi) is 4.62. The molecule has 0 fully saturated rings. The average molecular weight is 367 g/mol. The lowest BCUT2D eigenvalue weighted by atomic mass is 9.87. The van der Waals surface area contributed by atoms with Crippen LogP contribution >= 0.6 is 11.6 Å². The van der Waals surface area contributed by atoms with E-state index in [4.69, 9.17) is 16.3 Å². The number of carbonyl (C=O) groups excluding carboxylic acids is 1. The lowest BCUT2D eigenvalue weighted by molar-refractivity contribution is 0.0797. The van der Waals surface area contributed by atoms with Crippen LogP contribution in [-0.4, -0.2) is 22.2 Å². The zero-order valence-electron chi connectivity index (χ0n) is 14.5. The number of benzene rings is 2. The van der Waals surface area contributed by atoms with Crippen molar-refractivity contribution < 1.29 is 9.53 Å². The van der Waals surface area contributed by atoms with Crippen LogP contribution in [0.2, 0.25) is 5.02 Å². The van der Waals surface area contributed by atoms with E-state index in [1.54, 1.807) is 16.8 Å². The maximum atomic E-state index is 13.1. The fraction of sp³-hybridized carbons (Fsp3) is 0.238. The van der Waals surface area contributed by atoms with Gasteiger partial charge < -0.3 is 4.74 Å². The van der Waals surface area contributed by atoms with Gasteiger partial charge in [0.15, 0.2) is 0 Å². The molecule has 0 aliphatic heterocycles. The molecule has 3 aromatic rings. The summed E-state index contributed by atoms with van der Waals surface area (Å²) in [5, 5.41) is 5.08. The number of hydrogen-bond donors (Lipinski definition) is 0. The number of halogens is 1. The number of ketones is 1. The van der Waals surface area contributed by atoms with Gasteiger partial charge >= 0.3 is 0 Å². The molecule has 0 radical (unpaired) electrons. The Balaban J connectivity index is 1.87. The topological polar surface area (TPSA) is 44.1 Å². The molecule has 26 heavy (non-hydrogen) atoms. The van der Waals surface area contributed by atoms with Crippen LogP contribution in [0.4, 0.5) is 0 Å². The maximum Gasteiger partial charge on any atom is 0.215 e. The Hall–Kier alpha value is -2.43. The van der Waals surface area contributed by atoms with Crippen LogP contribution in [0.1, 0.15) is 34.1 Å². The SMILES string of the molecule is CCOCn1nc(C(=O)c2ccccc2Cl)c2c1-c1ccccc1CC2. The summed E-state index contributed by atoms with van der Waals surface area (Å²) in [5.74, 6) is -0.138. The molecule has 1 aromatic heterocycles. The van der Waals surface area contributed by atoms with Crippen LogP contribution in [0.25, 0.3) is 11.3 Å². The Morgan fingerprint density at radius 3 is 2.73 bits per heavy atom. The first-order chi connectivity index (χ1) is 12.7. The molecular formula is C21H19ClN2O2. The molecule has 132 valence electrons. The first kappa shape index (κ1) is 17.0. The fourth-order valence-electron chi connectivity index (χ4n) is 3.49. The Morgan fingerprint density at radius 1 is 1.15 bits per heavy atom. The molecule has 1 heterocycles. The van der Waals surface area contributed by atoms with Crippen LogP contribution < -0.4 is 0 Å². The van der Waals surface area contributed by atoms with Crippen molar-refractivity contribution in [3.63, 3.8) is 0 Å². The molecule has 0 saturated carbocycles. The summed E-state index contributed by atoms with van der Waals surface area (Å²) in [4.78, 5) is 13.1. The van der Waals surface area contributed by atoms with Crippen molar-refractivity contribution in [3.8, 4) is 11.3 Å². The Bertz CT molecular complexity index is 978. The molecule has 0 amide bonds. The molecule has 2 aromatic carbocycles. The zero-order chi connectivity index (χ0) is 18.1. The van der Waals surface area contributed by atoms with Crippen molar-refractivity contribution in [1.82, 2.24) is 9.78 Å². The number of hydrogen-bond acceptors (Lipinski definition) is 3. The van der Waals surface area contributed by atoms with Gasteiger partial charge in [-0.1, -0.05) is 48.0 Å². The van der Waals surface area contributed by atoms with E-state index in [2.05, 4.69) is 17.2 Å². The van der Waals surface area contributed by atoms with Gasteiger partial charge in [-0.15, -0.1) is 0 Å². The van der Waals surface area contributed by atoms with Crippen LogP contribution in [0.5, 0.6) is 0 Å². The molecular weight excluding hydrogens is 348 g/mol. The summed E-state index contributed by atoms with van der Waals surface area (Å²) in [6.45, 7) is 2.85. The summed E-state index contributed by atoms with van der Waals surface area (Å²) in [6.07, 6.45) is 1.68. The third-order valence-electron chi connectivity index (χ3n) is 4.72. The third-order valence-corrected chi connectivity index (χ3v) is 5.05. The first-order valence-corrected chi connectivity index (χ1v) is 9.13. The molecule has 4 rings (SSSR count). The van der Waals surface area contributed by atoms with Gasteiger partial charge in [-0.3, -0.25) is 4.79 Å². The summed E-state index contributed by atoms with van der Waals surface area (Å²) < 4.78 is 7.39. The highest BCUT2D eigenvalue weighted by Gasteiger charge is 2.29. The van der Waals surface area contributed by atoms with E-state index in [9.17, 15) is 4.79 Å². The normalized spacial score (nSPS) is 12.5. The molecule has 0 N–H and O–H groups in total. The maximum absolute atomic E-state index is 13.1. The van der Waals surface area contributed by atoms with E-state index < -0.39 is 0 Å². The lowest BCUT2D eigenvalue weighted by Gasteiger charge is -2.18. The number of fused-ring (bicyclic) bond motifs is 3. The summed E-state index contributed by atoms with van der Waals surface area (Å²) in [7, 11) is 0. The lowest BCUT2D eigenvalue weighted by Crippen LogP contribution is -2.10. The predicted octanol–water partition coefficient (Wildman–Crippen LogP) is 4.53. The van der Waals surface area contributed by atoms with Crippen molar-refractivity contribution >= 4 is 17.4 Å². The van der Waals surface area contributed by atoms with Gasteiger partial charge in [-0.05, 0) is 37.5 Å². The van der Waals surface area contributed by atoms with Gasteiger partial charge in [-0.2, -0.15) is 5.10 Å². The van der Waals surface area contributed by atoms with Crippen molar-refractivity contribution in [1.29, 1.82) is 0 Å². The second kappa shape index (κ2) is 7.06. The van der Waals surface area contributed by atoms with E-state index in [-0.39, 0.29) is 5.78 Å². The minimum absolute atomic E-state index is 0.138.